The third kappa shape index (κ3) is 3.99. The molecular weight excluding hydrogens is 426 g/mol. The highest BCUT2D eigenvalue weighted by Gasteiger charge is 2.19. The van der Waals surface area contributed by atoms with E-state index in [9.17, 15) is 15.2 Å². The van der Waals surface area contributed by atoms with Crippen LogP contribution in [0.15, 0.2) is 64.8 Å². The molecule has 1 heterocycles. The van der Waals surface area contributed by atoms with E-state index in [1.165, 1.54) is 0 Å². The van der Waals surface area contributed by atoms with E-state index in [-0.39, 0.29) is 17.0 Å². The molecule has 8 nitrogen and oxygen atoms in total. The van der Waals surface area contributed by atoms with Crippen LogP contribution in [0, 0.1) is 18.3 Å². The first-order valence-electron chi connectivity index (χ1n) is 9.50. The number of azo groups is 1. The van der Waals surface area contributed by atoms with Crippen LogP contribution in [-0.4, -0.2) is 22.5 Å². The summed E-state index contributed by atoms with van der Waals surface area (Å²) < 4.78 is 9.24. The number of phenols is 1. The van der Waals surface area contributed by atoms with Crippen LogP contribution in [0.4, 0.5) is 16.4 Å². The third-order valence-corrected chi connectivity index (χ3v) is 5.61. The van der Waals surface area contributed by atoms with Crippen LogP contribution >= 0.6 is 11.5 Å². The Labute approximate surface area is 187 Å². The zero-order valence-electron chi connectivity index (χ0n) is 17.2. The molecule has 0 unspecified atom stereocenters. The van der Waals surface area contributed by atoms with Gasteiger partial charge in [-0.15, -0.1) is 10.2 Å². The summed E-state index contributed by atoms with van der Waals surface area (Å²) in [7, 11) is 1.56. The van der Waals surface area contributed by atoms with Crippen LogP contribution in [-0.2, 0) is 0 Å². The number of anilines is 1. The number of nitriles is 1. The minimum Gasteiger partial charge on any atom is -0.505 e. The highest BCUT2D eigenvalue weighted by atomic mass is 32.1. The number of aromatic hydroxyl groups is 1. The molecular formula is C23H17N5O3S. The molecule has 0 aliphatic rings. The number of methoxy groups -OCH3 is 1. The summed E-state index contributed by atoms with van der Waals surface area (Å²) in [6, 6.07) is 17.7. The van der Waals surface area contributed by atoms with Crippen LogP contribution in [0.5, 0.6) is 11.5 Å². The number of fused-ring (bicyclic) bond motifs is 1. The molecule has 0 bridgehead atoms. The Morgan fingerprint density at radius 3 is 2.66 bits per heavy atom. The maximum absolute atomic E-state index is 12.9. The molecule has 1 amide bonds. The van der Waals surface area contributed by atoms with Crippen molar-refractivity contribution in [3.8, 4) is 17.6 Å². The molecule has 4 rings (SSSR count). The van der Waals surface area contributed by atoms with Crippen LogP contribution in [0.3, 0.4) is 0 Å². The second kappa shape index (κ2) is 8.83. The second-order valence-corrected chi connectivity index (χ2v) is 7.54. The molecule has 0 atom stereocenters. The maximum Gasteiger partial charge on any atom is 0.259 e. The predicted octanol–water partition coefficient (Wildman–Crippen LogP) is 5.86. The fourth-order valence-corrected chi connectivity index (χ4v) is 3.79. The number of benzene rings is 3. The third-order valence-electron chi connectivity index (χ3n) is 4.79. The number of amides is 1. The maximum atomic E-state index is 12.9. The highest BCUT2D eigenvalue weighted by molar-refractivity contribution is 7.10. The lowest BCUT2D eigenvalue weighted by Gasteiger charge is -2.11. The Morgan fingerprint density at radius 1 is 1.19 bits per heavy atom. The molecule has 0 spiro atoms. The number of aromatic nitrogens is 1. The lowest BCUT2D eigenvalue weighted by atomic mass is 10.0. The number of rotatable bonds is 5. The van der Waals surface area contributed by atoms with Crippen LogP contribution in [0.25, 0.3) is 10.8 Å². The van der Waals surface area contributed by atoms with Gasteiger partial charge in [0.25, 0.3) is 5.91 Å². The first-order valence-corrected chi connectivity index (χ1v) is 10.3. The quantitative estimate of drug-likeness (QED) is 0.374. The van der Waals surface area contributed by atoms with E-state index < -0.39 is 5.91 Å². The number of nitrogens with zero attached hydrogens (tertiary/aromatic N) is 4. The van der Waals surface area contributed by atoms with E-state index in [1.807, 2.05) is 12.1 Å². The van der Waals surface area contributed by atoms with E-state index in [2.05, 4.69) is 26.0 Å². The average Bonchev–Trinajstić information content (AvgIpc) is 3.17. The number of aryl methyl sites for hydroxylation is 1. The van der Waals surface area contributed by atoms with E-state index >= 15 is 0 Å². The second-order valence-electron chi connectivity index (χ2n) is 6.79. The average molecular weight is 443 g/mol. The van der Waals surface area contributed by atoms with Gasteiger partial charge in [-0.2, -0.15) is 9.64 Å². The number of carbonyl (C=O) groups is 1. The minimum atomic E-state index is -0.499. The summed E-state index contributed by atoms with van der Waals surface area (Å²) in [6.45, 7) is 1.71. The lowest BCUT2D eigenvalue weighted by Crippen LogP contribution is -2.12. The van der Waals surface area contributed by atoms with E-state index in [1.54, 1.807) is 56.5 Å². The normalized spacial score (nSPS) is 10.9. The van der Waals surface area contributed by atoms with Gasteiger partial charge in [-0.1, -0.05) is 24.3 Å². The first kappa shape index (κ1) is 21.0. The Hall–Kier alpha value is -4.29. The Morgan fingerprint density at radius 2 is 1.94 bits per heavy atom. The number of hydrogen-bond acceptors (Lipinski definition) is 8. The Bertz CT molecular complexity index is 1390. The van der Waals surface area contributed by atoms with Crippen molar-refractivity contribution < 1.29 is 14.6 Å². The Kier molecular flexibility index (Phi) is 5.79. The highest BCUT2D eigenvalue weighted by Crippen LogP contribution is 2.40. The van der Waals surface area contributed by atoms with Gasteiger partial charge in [0.2, 0.25) is 0 Å². The molecule has 9 heteroatoms. The van der Waals surface area contributed by atoms with Crippen molar-refractivity contribution in [2.24, 2.45) is 10.2 Å². The van der Waals surface area contributed by atoms with Crippen molar-refractivity contribution in [1.82, 2.24) is 4.37 Å². The molecule has 3 aromatic carbocycles. The van der Waals surface area contributed by atoms with E-state index in [4.69, 9.17) is 4.74 Å². The fraction of sp³-hybridized carbons (Fsp3) is 0.0870. The van der Waals surface area contributed by atoms with Gasteiger partial charge in [0.1, 0.15) is 23.1 Å². The topological polar surface area (TPSA) is 120 Å². The summed E-state index contributed by atoms with van der Waals surface area (Å²) in [5.41, 5.74) is 1.63. The zero-order valence-corrected chi connectivity index (χ0v) is 18.0. The SMILES string of the molecule is COc1ccc(NC(=O)c2cc3ccccc3c(/N=N/c3snc(C)c3C#N)c2O)cc1. The molecule has 158 valence electrons. The number of ether oxygens (including phenoxy) is 1. The fourth-order valence-electron chi connectivity index (χ4n) is 3.11. The van der Waals surface area contributed by atoms with Gasteiger partial charge < -0.3 is 15.2 Å². The van der Waals surface area contributed by atoms with Crippen LogP contribution < -0.4 is 10.1 Å². The molecule has 0 radical (unpaired) electrons. The molecule has 4 aromatic rings. The van der Waals surface area contributed by atoms with Gasteiger partial charge in [-0.05, 0) is 54.2 Å². The minimum absolute atomic E-state index is 0.0504. The summed E-state index contributed by atoms with van der Waals surface area (Å²) in [4.78, 5) is 12.9. The number of carbonyl (C=O) groups excluding carboxylic acids is 1. The van der Waals surface area contributed by atoms with Crippen molar-refractivity contribution in [2.75, 3.05) is 12.4 Å². The van der Waals surface area contributed by atoms with Crippen molar-refractivity contribution in [3.05, 3.63) is 71.4 Å². The molecule has 0 aliphatic heterocycles. The molecule has 0 aliphatic carbocycles. The number of hydrogen-bond donors (Lipinski definition) is 2. The van der Waals surface area contributed by atoms with Crippen molar-refractivity contribution in [3.63, 3.8) is 0 Å². The molecule has 1 aromatic heterocycles. The van der Waals surface area contributed by atoms with Gasteiger partial charge >= 0.3 is 0 Å². The van der Waals surface area contributed by atoms with Crippen LogP contribution in [0.1, 0.15) is 21.6 Å². The van der Waals surface area contributed by atoms with E-state index in [0.29, 0.717) is 38.5 Å². The summed E-state index contributed by atoms with van der Waals surface area (Å²) in [6.07, 6.45) is 0. The molecule has 0 saturated carbocycles. The van der Waals surface area contributed by atoms with Gasteiger partial charge in [0.15, 0.2) is 10.8 Å². The summed E-state index contributed by atoms with van der Waals surface area (Å²) in [5, 5.41) is 33.0. The number of phenolic OH excluding ortho intramolecular Hbond substituents is 1. The molecule has 0 saturated heterocycles. The van der Waals surface area contributed by atoms with Gasteiger partial charge in [-0.25, -0.2) is 0 Å². The van der Waals surface area contributed by atoms with Crippen molar-refractivity contribution in [2.45, 2.75) is 6.92 Å². The monoisotopic (exact) mass is 443 g/mol. The Balaban J connectivity index is 1.75. The molecule has 2 N–H and O–H groups in total. The predicted molar refractivity (Wildman–Crippen MR) is 122 cm³/mol. The van der Waals surface area contributed by atoms with Gasteiger partial charge in [0, 0.05) is 11.1 Å². The van der Waals surface area contributed by atoms with Crippen molar-refractivity contribution in [1.29, 1.82) is 5.26 Å². The summed E-state index contributed by atoms with van der Waals surface area (Å²) >= 11 is 1.04. The van der Waals surface area contributed by atoms with E-state index in [0.717, 1.165) is 11.5 Å². The molecule has 32 heavy (non-hydrogen) atoms. The summed E-state index contributed by atoms with van der Waals surface area (Å²) in [5.74, 6) is -0.145. The standard InChI is InChI=1S/C23H17N5O3S/c1-13-19(12-24)23(32-28-13)27-26-20-17-6-4-3-5-14(17)11-18(21(20)29)22(30)25-15-7-9-16(31-2)10-8-15/h3-11,29H,1-2H3,(H,25,30)/b27-26+. The van der Waals surface area contributed by atoms with Gasteiger partial charge in [0.05, 0.1) is 18.4 Å². The molecule has 0 fully saturated rings. The number of nitrogens with one attached hydrogen (secondary N) is 1. The first-order chi connectivity index (χ1) is 15.5. The zero-order chi connectivity index (χ0) is 22.7. The lowest BCUT2D eigenvalue weighted by molar-refractivity contribution is 0.102. The largest absolute Gasteiger partial charge is 0.505 e. The van der Waals surface area contributed by atoms with Crippen LogP contribution in [0.2, 0.25) is 0 Å². The van der Waals surface area contributed by atoms with Crippen molar-refractivity contribution >= 4 is 44.6 Å². The van der Waals surface area contributed by atoms with Gasteiger partial charge in [-0.3, -0.25) is 4.79 Å². The smallest absolute Gasteiger partial charge is 0.259 e.